The second kappa shape index (κ2) is 12.5. The molecule has 9 nitrogen and oxygen atoms in total. The van der Waals surface area contributed by atoms with Gasteiger partial charge in [-0.15, -0.1) is 11.8 Å². The fraction of sp³-hybridized carbons (Fsp3) is 0.462. The van der Waals surface area contributed by atoms with E-state index in [0.29, 0.717) is 49.3 Å². The van der Waals surface area contributed by atoms with Gasteiger partial charge in [0.15, 0.2) is 11.5 Å². The molecular formula is C26H32FN3O6S. The first kappa shape index (κ1) is 27.0. The number of benzene rings is 2. The lowest BCUT2D eigenvalue weighted by Gasteiger charge is -2.30. The Morgan fingerprint density at radius 3 is 2.30 bits per heavy atom. The number of carbonyl (C=O) groups excluding carboxylic acids is 2. The largest absolute Gasteiger partial charge is 0.493 e. The molecule has 0 radical (unpaired) electrons. The number of amides is 2. The number of nitrogens with one attached hydrogen (secondary N) is 1. The van der Waals surface area contributed by atoms with Crippen molar-refractivity contribution in [1.82, 2.24) is 15.1 Å². The molecule has 2 aromatic rings. The standard InChI is InChI=1S/C26H32FN3O6S/c1-33-21-14-18(15-22(34-2)23(21)35-3)25(32)30-20(16-37-26(30)17-4-6-19(27)7-5-17)24(31)28-8-9-29-10-12-36-13-11-29/h4-7,14-15,20,26H,8-13,16H2,1-3H3,(H,28,31). The van der Waals surface area contributed by atoms with Crippen LogP contribution in [0.3, 0.4) is 0 Å². The molecular weight excluding hydrogens is 501 g/mol. The van der Waals surface area contributed by atoms with Crippen molar-refractivity contribution in [3.05, 3.63) is 53.3 Å². The minimum Gasteiger partial charge on any atom is -0.493 e. The van der Waals surface area contributed by atoms with Crippen LogP contribution in [0, 0.1) is 5.82 Å². The number of ether oxygens (including phenoxy) is 4. The summed E-state index contributed by atoms with van der Waals surface area (Å²) in [5.74, 6) is 0.472. The van der Waals surface area contributed by atoms with Crippen LogP contribution in [0.15, 0.2) is 36.4 Å². The summed E-state index contributed by atoms with van der Waals surface area (Å²) in [6, 6.07) is 8.42. The molecule has 2 aliphatic heterocycles. The van der Waals surface area contributed by atoms with Gasteiger partial charge < -0.3 is 29.2 Å². The molecule has 37 heavy (non-hydrogen) atoms. The number of rotatable bonds is 9. The van der Waals surface area contributed by atoms with Gasteiger partial charge in [0.05, 0.1) is 34.5 Å². The first-order valence-corrected chi connectivity index (χ1v) is 13.1. The lowest BCUT2D eigenvalue weighted by molar-refractivity contribution is -0.124. The number of halogens is 1. The molecule has 0 saturated carbocycles. The Balaban J connectivity index is 1.60. The molecule has 0 aromatic heterocycles. The van der Waals surface area contributed by atoms with E-state index in [2.05, 4.69) is 10.2 Å². The fourth-order valence-corrected chi connectivity index (χ4v) is 5.90. The molecule has 2 atom stereocenters. The van der Waals surface area contributed by atoms with E-state index in [9.17, 15) is 14.0 Å². The van der Waals surface area contributed by atoms with Crippen LogP contribution < -0.4 is 19.5 Å². The number of hydrogen-bond acceptors (Lipinski definition) is 8. The third kappa shape index (κ3) is 6.11. The summed E-state index contributed by atoms with van der Waals surface area (Å²) in [7, 11) is 4.44. The summed E-state index contributed by atoms with van der Waals surface area (Å²) >= 11 is 1.47. The van der Waals surface area contributed by atoms with Crippen LogP contribution in [-0.2, 0) is 9.53 Å². The molecule has 2 saturated heterocycles. The van der Waals surface area contributed by atoms with Crippen LogP contribution in [-0.4, -0.2) is 94.1 Å². The minimum atomic E-state index is -0.712. The van der Waals surface area contributed by atoms with Crippen molar-refractivity contribution in [1.29, 1.82) is 0 Å². The van der Waals surface area contributed by atoms with Crippen LogP contribution in [0.25, 0.3) is 0 Å². The van der Waals surface area contributed by atoms with E-state index in [0.717, 1.165) is 18.7 Å². The van der Waals surface area contributed by atoms with Gasteiger partial charge in [0.2, 0.25) is 11.7 Å². The van der Waals surface area contributed by atoms with E-state index < -0.39 is 11.4 Å². The molecule has 200 valence electrons. The summed E-state index contributed by atoms with van der Waals surface area (Å²) < 4.78 is 35.2. The van der Waals surface area contributed by atoms with E-state index >= 15 is 0 Å². The zero-order chi connectivity index (χ0) is 26.4. The summed E-state index contributed by atoms with van der Waals surface area (Å²) in [6.07, 6.45) is 0. The molecule has 2 fully saturated rings. The Hall–Kier alpha value is -3.02. The van der Waals surface area contributed by atoms with Crippen molar-refractivity contribution in [2.75, 3.05) is 66.5 Å². The molecule has 2 amide bonds. The first-order valence-electron chi connectivity index (χ1n) is 12.0. The lowest BCUT2D eigenvalue weighted by Crippen LogP contribution is -2.49. The van der Waals surface area contributed by atoms with Crippen molar-refractivity contribution in [3.63, 3.8) is 0 Å². The highest BCUT2D eigenvalue weighted by molar-refractivity contribution is 7.99. The predicted molar refractivity (Wildman–Crippen MR) is 138 cm³/mol. The zero-order valence-electron chi connectivity index (χ0n) is 21.2. The van der Waals surface area contributed by atoms with Gasteiger partial charge in [0.1, 0.15) is 17.2 Å². The molecule has 0 aliphatic carbocycles. The lowest BCUT2D eigenvalue weighted by atomic mass is 10.1. The highest BCUT2D eigenvalue weighted by Gasteiger charge is 2.43. The molecule has 2 aromatic carbocycles. The quantitative estimate of drug-likeness (QED) is 0.526. The van der Waals surface area contributed by atoms with Crippen LogP contribution >= 0.6 is 11.8 Å². The number of thioether (sulfide) groups is 1. The van der Waals surface area contributed by atoms with E-state index in [1.807, 2.05) is 0 Å². The molecule has 11 heteroatoms. The maximum atomic E-state index is 14.0. The van der Waals surface area contributed by atoms with Gasteiger partial charge in [-0.05, 0) is 29.8 Å². The van der Waals surface area contributed by atoms with Crippen molar-refractivity contribution in [2.45, 2.75) is 11.4 Å². The Morgan fingerprint density at radius 1 is 1.05 bits per heavy atom. The first-order chi connectivity index (χ1) is 18.0. The highest BCUT2D eigenvalue weighted by atomic mass is 32.2. The van der Waals surface area contributed by atoms with Gasteiger partial charge in [-0.3, -0.25) is 14.5 Å². The summed E-state index contributed by atoms with van der Waals surface area (Å²) in [4.78, 5) is 31.1. The van der Waals surface area contributed by atoms with Gasteiger partial charge in [-0.25, -0.2) is 4.39 Å². The Morgan fingerprint density at radius 2 is 1.70 bits per heavy atom. The number of methoxy groups -OCH3 is 3. The number of hydrogen-bond donors (Lipinski definition) is 1. The number of morpholine rings is 1. The zero-order valence-corrected chi connectivity index (χ0v) is 22.0. The van der Waals surface area contributed by atoms with Crippen molar-refractivity contribution < 1.29 is 32.9 Å². The third-order valence-corrected chi connectivity index (χ3v) is 7.76. The molecule has 0 spiro atoms. The van der Waals surface area contributed by atoms with Crippen molar-refractivity contribution >= 4 is 23.6 Å². The van der Waals surface area contributed by atoms with Gasteiger partial charge in [0, 0.05) is 37.5 Å². The topological polar surface area (TPSA) is 89.6 Å². The average Bonchev–Trinajstić information content (AvgIpc) is 3.38. The SMILES string of the molecule is COc1cc(C(=O)N2C(C(=O)NCCN3CCOCC3)CSC2c2ccc(F)cc2)cc(OC)c1OC. The minimum absolute atomic E-state index is 0.230. The Kier molecular flexibility index (Phi) is 9.12. The smallest absolute Gasteiger partial charge is 0.256 e. The Bertz CT molecular complexity index is 1070. The fourth-order valence-electron chi connectivity index (χ4n) is 4.47. The molecule has 2 heterocycles. The van der Waals surface area contributed by atoms with Gasteiger partial charge >= 0.3 is 0 Å². The summed E-state index contributed by atoms with van der Waals surface area (Å²) in [5, 5.41) is 2.52. The van der Waals surface area contributed by atoms with E-state index in [-0.39, 0.29) is 23.2 Å². The predicted octanol–water partition coefficient (Wildman–Crippen LogP) is 2.56. The Labute approximate surface area is 220 Å². The van der Waals surface area contributed by atoms with Gasteiger partial charge in [-0.2, -0.15) is 0 Å². The number of carbonyl (C=O) groups is 2. The second-order valence-corrected chi connectivity index (χ2v) is 9.74. The molecule has 0 bridgehead atoms. The monoisotopic (exact) mass is 533 g/mol. The van der Waals surface area contributed by atoms with E-state index in [4.69, 9.17) is 18.9 Å². The number of nitrogens with zero attached hydrogens (tertiary/aromatic N) is 2. The normalized spacial score (nSPS) is 19.9. The molecule has 2 unspecified atom stereocenters. The average molecular weight is 534 g/mol. The highest BCUT2D eigenvalue weighted by Crippen LogP contribution is 2.44. The van der Waals surface area contributed by atoms with Gasteiger partial charge in [-0.1, -0.05) is 12.1 Å². The molecule has 1 N–H and O–H groups in total. The van der Waals surface area contributed by atoms with Crippen LogP contribution in [0.2, 0.25) is 0 Å². The van der Waals surface area contributed by atoms with Crippen molar-refractivity contribution in [3.8, 4) is 17.2 Å². The third-order valence-electron chi connectivity index (χ3n) is 6.44. The van der Waals surface area contributed by atoms with E-state index in [1.165, 1.54) is 45.2 Å². The summed E-state index contributed by atoms with van der Waals surface area (Å²) in [6.45, 7) is 4.19. The molecule has 2 aliphatic rings. The van der Waals surface area contributed by atoms with Crippen molar-refractivity contribution in [2.24, 2.45) is 0 Å². The maximum absolute atomic E-state index is 14.0. The molecule has 4 rings (SSSR count). The van der Waals surface area contributed by atoms with Crippen LogP contribution in [0.5, 0.6) is 17.2 Å². The second-order valence-electron chi connectivity index (χ2n) is 8.62. The summed E-state index contributed by atoms with van der Waals surface area (Å²) in [5.41, 5.74) is 1.02. The van der Waals surface area contributed by atoms with E-state index in [1.54, 1.807) is 29.2 Å². The van der Waals surface area contributed by atoms with Gasteiger partial charge in [0.25, 0.3) is 5.91 Å². The maximum Gasteiger partial charge on any atom is 0.256 e. The van der Waals surface area contributed by atoms with Crippen LogP contribution in [0.4, 0.5) is 4.39 Å². The van der Waals surface area contributed by atoms with Crippen LogP contribution in [0.1, 0.15) is 21.3 Å².